The van der Waals surface area contributed by atoms with Crippen LogP contribution in [-0.2, 0) is 5.54 Å². The Morgan fingerprint density at radius 1 is 0.486 bits per heavy atom. The standard InChI is InChI=1S/C33H61N.ClH/c1-5-7-9-11-13-15-17-19-21-26-30-33(34(3)4,32-28-24-23-25-29-32)31-27-22-20-18-16-14-12-10-8-6-2;/h23-25,28-29H,5-22,26-27,30-31H2,1-4H3;1H. The van der Waals surface area contributed by atoms with Gasteiger partial charge in [0.15, 0.2) is 0 Å². The summed E-state index contributed by atoms with van der Waals surface area (Å²) in [4.78, 5) is 1.63. The van der Waals surface area contributed by atoms with Crippen molar-refractivity contribution in [1.29, 1.82) is 0 Å². The van der Waals surface area contributed by atoms with Crippen molar-refractivity contribution in [3.63, 3.8) is 0 Å². The van der Waals surface area contributed by atoms with E-state index in [9.17, 15) is 0 Å². The van der Waals surface area contributed by atoms with Crippen molar-refractivity contribution in [2.75, 3.05) is 14.1 Å². The number of nitrogens with one attached hydrogen (secondary N) is 1. The summed E-state index contributed by atoms with van der Waals surface area (Å²) in [5, 5.41) is 0. The number of rotatable bonds is 24. The van der Waals surface area contributed by atoms with Gasteiger partial charge < -0.3 is 17.3 Å². The highest BCUT2D eigenvalue weighted by Gasteiger charge is 2.37. The zero-order chi connectivity index (χ0) is 24.7. The van der Waals surface area contributed by atoms with Crippen LogP contribution in [0.4, 0.5) is 0 Å². The average molecular weight is 508 g/mol. The predicted molar refractivity (Wildman–Crippen MR) is 154 cm³/mol. The smallest absolute Gasteiger partial charge is 0.123 e. The Balaban J connectivity index is 0.0000116. The van der Waals surface area contributed by atoms with Gasteiger partial charge in [0.25, 0.3) is 0 Å². The SMILES string of the molecule is CCCCCCCCCCCCC(CCCCCCCCCCCC)(c1ccccc1)[NH+](C)C.[Cl-]. The third-order valence-corrected chi connectivity index (χ3v) is 8.20. The molecule has 0 fully saturated rings. The highest BCUT2D eigenvalue weighted by Crippen LogP contribution is 2.30. The van der Waals surface area contributed by atoms with E-state index in [1.54, 1.807) is 10.5 Å². The molecule has 0 saturated heterocycles. The average Bonchev–Trinajstić information content (AvgIpc) is 2.85. The number of hydrogen-bond donors (Lipinski definition) is 1. The molecular weight excluding hydrogens is 446 g/mol. The lowest BCUT2D eigenvalue weighted by molar-refractivity contribution is -0.925. The number of unbranched alkanes of at least 4 members (excludes halogenated alkanes) is 18. The van der Waals surface area contributed by atoms with Crippen LogP contribution in [-0.4, -0.2) is 14.1 Å². The summed E-state index contributed by atoms with van der Waals surface area (Å²) in [5.41, 5.74) is 1.86. The van der Waals surface area contributed by atoms with Crippen LogP contribution in [0.25, 0.3) is 0 Å². The molecule has 1 rings (SSSR count). The molecule has 0 aliphatic rings. The van der Waals surface area contributed by atoms with Gasteiger partial charge in [-0.1, -0.05) is 160 Å². The predicted octanol–water partition coefficient (Wildman–Crippen LogP) is 6.65. The van der Waals surface area contributed by atoms with Gasteiger partial charge in [-0.05, 0) is 12.8 Å². The van der Waals surface area contributed by atoms with Crippen LogP contribution in [0.15, 0.2) is 30.3 Å². The molecule has 2 heteroatoms. The van der Waals surface area contributed by atoms with E-state index in [2.05, 4.69) is 58.3 Å². The lowest BCUT2D eigenvalue weighted by Gasteiger charge is -2.38. The van der Waals surface area contributed by atoms with Crippen LogP contribution in [0.1, 0.15) is 161 Å². The van der Waals surface area contributed by atoms with E-state index in [4.69, 9.17) is 0 Å². The second kappa shape index (κ2) is 23.8. The molecule has 0 aliphatic heterocycles. The zero-order valence-electron chi connectivity index (χ0n) is 24.3. The van der Waals surface area contributed by atoms with E-state index in [-0.39, 0.29) is 12.4 Å². The first-order valence-electron chi connectivity index (χ1n) is 15.5. The van der Waals surface area contributed by atoms with E-state index in [1.807, 2.05) is 0 Å². The van der Waals surface area contributed by atoms with E-state index >= 15 is 0 Å². The molecule has 0 aliphatic carbocycles. The summed E-state index contributed by atoms with van der Waals surface area (Å²) in [6, 6.07) is 11.5. The van der Waals surface area contributed by atoms with Crippen LogP contribution in [0.3, 0.4) is 0 Å². The summed E-state index contributed by atoms with van der Waals surface area (Å²) < 4.78 is 0. The molecule has 0 bridgehead atoms. The Hall–Kier alpha value is -0.530. The maximum atomic E-state index is 2.40. The topological polar surface area (TPSA) is 4.44 Å². The van der Waals surface area contributed by atoms with Gasteiger partial charge in [0.2, 0.25) is 0 Å². The van der Waals surface area contributed by atoms with Gasteiger partial charge in [-0.2, -0.15) is 0 Å². The second-order valence-electron chi connectivity index (χ2n) is 11.3. The maximum absolute atomic E-state index is 2.40. The van der Waals surface area contributed by atoms with Gasteiger partial charge in [-0.25, -0.2) is 0 Å². The van der Waals surface area contributed by atoms with Crippen molar-refractivity contribution >= 4 is 0 Å². The molecule has 1 aromatic rings. The minimum Gasteiger partial charge on any atom is -1.00 e. The molecule has 1 nitrogen and oxygen atoms in total. The molecule has 1 N–H and O–H groups in total. The summed E-state index contributed by atoms with van der Waals surface area (Å²) in [6.45, 7) is 4.61. The summed E-state index contributed by atoms with van der Waals surface area (Å²) in [5.74, 6) is 0. The maximum Gasteiger partial charge on any atom is 0.123 e. The van der Waals surface area contributed by atoms with Gasteiger partial charge >= 0.3 is 0 Å². The Morgan fingerprint density at radius 2 is 0.800 bits per heavy atom. The normalized spacial score (nSPS) is 11.7. The second-order valence-corrected chi connectivity index (χ2v) is 11.3. The molecular formula is C33H62ClN. The van der Waals surface area contributed by atoms with Crippen molar-refractivity contribution in [3.05, 3.63) is 35.9 Å². The van der Waals surface area contributed by atoms with Crippen molar-refractivity contribution in [2.24, 2.45) is 0 Å². The van der Waals surface area contributed by atoms with Gasteiger partial charge in [0.1, 0.15) is 5.54 Å². The van der Waals surface area contributed by atoms with Crippen molar-refractivity contribution < 1.29 is 17.3 Å². The minimum atomic E-state index is 0. The highest BCUT2D eigenvalue weighted by atomic mass is 35.5. The molecule has 206 valence electrons. The molecule has 0 heterocycles. The van der Waals surface area contributed by atoms with Gasteiger partial charge in [-0.3, -0.25) is 0 Å². The van der Waals surface area contributed by atoms with Gasteiger partial charge in [0.05, 0.1) is 14.1 Å². The summed E-state index contributed by atoms with van der Waals surface area (Å²) in [7, 11) is 4.80. The fourth-order valence-corrected chi connectivity index (χ4v) is 5.79. The Bertz CT molecular complexity index is 517. The number of halogens is 1. The van der Waals surface area contributed by atoms with E-state index in [0.29, 0.717) is 5.54 Å². The van der Waals surface area contributed by atoms with E-state index in [1.165, 1.54) is 141 Å². The molecule has 1 aromatic carbocycles. The summed E-state index contributed by atoms with van der Waals surface area (Å²) in [6.07, 6.45) is 31.2. The van der Waals surface area contributed by atoms with Crippen molar-refractivity contribution in [3.8, 4) is 0 Å². The quantitative estimate of drug-likeness (QED) is 0.149. The molecule has 0 radical (unpaired) electrons. The molecule has 0 amide bonds. The fraction of sp³-hybridized carbons (Fsp3) is 0.818. The van der Waals surface area contributed by atoms with E-state index < -0.39 is 0 Å². The van der Waals surface area contributed by atoms with Crippen LogP contribution < -0.4 is 17.3 Å². The number of quaternary nitrogens is 1. The van der Waals surface area contributed by atoms with E-state index in [0.717, 1.165) is 0 Å². The molecule has 35 heavy (non-hydrogen) atoms. The van der Waals surface area contributed by atoms with Crippen LogP contribution in [0.5, 0.6) is 0 Å². The molecule has 0 unspecified atom stereocenters. The third kappa shape index (κ3) is 16.0. The fourth-order valence-electron chi connectivity index (χ4n) is 5.79. The lowest BCUT2D eigenvalue weighted by Crippen LogP contribution is -3.13. The van der Waals surface area contributed by atoms with Crippen LogP contribution in [0.2, 0.25) is 0 Å². The molecule has 0 aromatic heterocycles. The van der Waals surface area contributed by atoms with Crippen LogP contribution >= 0.6 is 0 Å². The molecule has 0 spiro atoms. The minimum absolute atomic E-state index is 0. The first-order chi connectivity index (χ1) is 16.7. The van der Waals surface area contributed by atoms with Crippen molar-refractivity contribution in [2.45, 2.75) is 161 Å². The molecule has 0 atom stereocenters. The number of hydrogen-bond acceptors (Lipinski definition) is 0. The molecule has 0 saturated carbocycles. The Labute approximate surface area is 227 Å². The summed E-state index contributed by atoms with van der Waals surface area (Å²) >= 11 is 0. The number of benzene rings is 1. The highest BCUT2D eigenvalue weighted by molar-refractivity contribution is 5.22. The van der Waals surface area contributed by atoms with Crippen molar-refractivity contribution in [1.82, 2.24) is 0 Å². The monoisotopic (exact) mass is 507 g/mol. The lowest BCUT2D eigenvalue weighted by atomic mass is 9.79. The Morgan fingerprint density at radius 3 is 1.11 bits per heavy atom. The third-order valence-electron chi connectivity index (χ3n) is 8.20. The largest absolute Gasteiger partial charge is 1.00 e. The van der Waals surface area contributed by atoms with Gasteiger partial charge in [0, 0.05) is 18.4 Å². The Kier molecular flexibility index (Phi) is 23.5. The van der Waals surface area contributed by atoms with Gasteiger partial charge in [-0.15, -0.1) is 0 Å². The first-order valence-corrected chi connectivity index (χ1v) is 15.5. The van der Waals surface area contributed by atoms with Crippen LogP contribution in [0, 0.1) is 0 Å². The first kappa shape index (κ1) is 34.5. The zero-order valence-corrected chi connectivity index (χ0v) is 25.1.